The van der Waals surface area contributed by atoms with Crippen molar-refractivity contribution in [2.75, 3.05) is 6.61 Å². The zero-order valence-corrected chi connectivity index (χ0v) is 11.7. The SMILES string of the molecule is CCC1OCCC1C(Cl)c1ccc(Br)s1. The average Bonchev–Trinajstić information content (AvgIpc) is 2.84. The van der Waals surface area contributed by atoms with Gasteiger partial charge >= 0.3 is 0 Å². The van der Waals surface area contributed by atoms with Crippen molar-refractivity contribution in [3.8, 4) is 0 Å². The second-order valence-electron chi connectivity index (χ2n) is 3.81. The van der Waals surface area contributed by atoms with Crippen molar-refractivity contribution in [2.45, 2.75) is 31.2 Å². The third-order valence-electron chi connectivity index (χ3n) is 2.90. The van der Waals surface area contributed by atoms with Crippen LogP contribution in [0.3, 0.4) is 0 Å². The van der Waals surface area contributed by atoms with Gasteiger partial charge in [0.05, 0.1) is 15.3 Å². The molecule has 1 aromatic rings. The van der Waals surface area contributed by atoms with Crippen LogP contribution < -0.4 is 0 Å². The van der Waals surface area contributed by atoms with Gasteiger partial charge in [-0.3, -0.25) is 0 Å². The molecule has 0 N–H and O–H groups in total. The smallest absolute Gasteiger partial charge is 0.0732 e. The number of ether oxygens (including phenoxy) is 1. The van der Waals surface area contributed by atoms with Crippen LogP contribution in [0.15, 0.2) is 15.9 Å². The summed E-state index contributed by atoms with van der Waals surface area (Å²) < 4.78 is 6.82. The summed E-state index contributed by atoms with van der Waals surface area (Å²) in [5.74, 6) is 0.474. The van der Waals surface area contributed by atoms with E-state index in [1.54, 1.807) is 11.3 Å². The fraction of sp³-hybridized carbons (Fsp3) is 0.636. The Morgan fingerprint density at radius 1 is 1.67 bits per heavy atom. The Labute approximate surface area is 108 Å². The predicted octanol–water partition coefficient (Wildman–Crippen LogP) is 4.61. The molecule has 0 saturated carbocycles. The molecule has 0 aromatic carbocycles. The van der Waals surface area contributed by atoms with Crippen LogP contribution in [0, 0.1) is 5.92 Å². The third-order valence-corrected chi connectivity index (χ3v) is 5.30. The van der Waals surface area contributed by atoms with Crippen molar-refractivity contribution in [2.24, 2.45) is 5.92 Å². The van der Waals surface area contributed by atoms with E-state index in [9.17, 15) is 0 Å². The van der Waals surface area contributed by atoms with Crippen LogP contribution in [0.25, 0.3) is 0 Å². The van der Waals surface area contributed by atoms with Gasteiger partial charge in [-0.2, -0.15) is 0 Å². The van der Waals surface area contributed by atoms with Crippen LogP contribution in [0.4, 0.5) is 0 Å². The molecule has 15 heavy (non-hydrogen) atoms. The molecule has 1 saturated heterocycles. The van der Waals surface area contributed by atoms with Gasteiger partial charge in [-0.25, -0.2) is 0 Å². The summed E-state index contributed by atoms with van der Waals surface area (Å²) in [5, 5.41) is 0.105. The van der Waals surface area contributed by atoms with Gasteiger partial charge in [-0.15, -0.1) is 22.9 Å². The Morgan fingerprint density at radius 3 is 3.07 bits per heavy atom. The largest absolute Gasteiger partial charge is 0.378 e. The van der Waals surface area contributed by atoms with E-state index in [2.05, 4.69) is 35.0 Å². The molecule has 2 rings (SSSR count). The summed E-state index contributed by atoms with van der Waals surface area (Å²) >= 11 is 11.7. The van der Waals surface area contributed by atoms with Crippen molar-refractivity contribution in [3.63, 3.8) is 0 Å². The molecule has 84 valence electrons. The van der Waals surface area contributed by atoms with Crippen molar-refractivity contribution < 1.29 is 4.74 Å². The zero-order chi connectivity index (χ0) is 10.8. The molecule has 0 aliphatic carbocycles. The Hall–Kier alpha value is 0.430. The molecule has 1 aromatic heterocycles. The van der Waals surface area contributed by atoms with E-state index in [0.29, 0.717) is 12.0 Å². The molecule has 3 atom stereocenters. The second kappa shape index (κ2) is 5.17. The van der Waals surface area contributed by atoms with E-state index in [0.717, 1.165) is 23.2 Å². The Bertz CT molecular complexity index is 328. The van der Waals surface area contributed by atoms with Crippen LogP contribution in [-0.2, 0) is 4.74 Å². The molecule has 0 radical (unpaired) electrons. The predicted molar refractivity (Wildman–Crippen MR) is 68.8 cm³/mol. The quantitative estimate of drug-likeness (QED) is 0.741. The van der Waals surface area contributed by atoms with Gasteiger partial charge < -0.3 is 4.74 Å². The zero-order valence-electron chi connectivity index (χ0n) is 8.58. The normalized spacial score (nSPS) is 28.2. The summed E-state index contributed by atoms with van der Waals surface area (Å²) in [4.78, 5) is 1.25. The van der Waals surface area contributed by atoms with E-state index in [-0.39, 0.29) is 5.38 Å². The highest BCUT2D eigenvalue weighted by Gasteiger charge is 2.33. The molecule has 2 heterocycles. The van der Waals surface area contributed by atoms with Crippen molar-refractivity contribution in [1.29, 1.82) is 0 Å². The molecule has 0 amide bonds. The fourth-order valence-electron chi connectivity index (χ4n) is 2.11. The highest BCUT2D eigenvalue weighted by atomic mass is 79.9. The average molecular weight is 310 g/mol. The number of rotatable bonds is 3. The van der Waals surface area contributed by atoms with Crippen molar-refractivity contribution in [3.05, 3.63) is 20.8 Å². The van der Waals surface area contributed by atoms with E-state index >= 15 is 0 Å². The van der Waals surface area contributed by atoms with Gasteiger partial charge in [-0.05, 0) is 40.9 Å². The van der Waals surface area contributed by atoms with Crippen molar-refractivity contribution >= 4 is 38.9 Å². The minimum Gasteiger partial charge on any atom is -0.378 e. The number of hydrogen-bond acceptors (Lipinski definition) is 2. The molecule has 1 nitrogen and oxygen atoms in total. The van der Waals surface area contributed by atoms with E-state index < -0.39 is 0 Å². The number of thiophene rings is 1. The highest BCUT2D eigenvalue weighted by molar-refractivity contribution is 9.11. The topological polar surface area (TPSA) is 9.23 Å². The lowest BCUT2D eigenvalue weighted by molar-refractivity contribution is 0.0866. The summed E-state index contributed by atoms with van der Waals surface area (Å²) in [6.07, 6.45) is 2.48. The third kappa shape index (κ3) is 2.57. The summed E-state index contributed by atoms with van der Waals surface area (Å²) in [5.41, 5.74) is 0. The Kier molecular flexibility index (Phi) is 4.10. The van der Waals surface area contributed by atoms with Gasteiger partial charge in [0.2, 0.25) is 0 Å². The molecule has 0 bridgehead atoms. The fourth-order valence-corrected chi connectivity index (χ4v) is 4.08. The maximum absolute atomic E-state index is 6.51. The number of hydrogen-bond donors (Lipinski definition) is 0. The van der Waals surface area contributed by atoms with Crippen LogP contribution in [-0.4, -0.2) is 12.7 Å². The summed E-state index contributed by atoms with van der Waals surface area (Å²) in [6, 6.07) is 4.17. The first kappa shape index (κ1) is 11.9. The maximum atomic E-state index is 6.51. The first-order valence-electron chi connectivity index (χ1n) is 5.23. The molecular weight excluding hydrogens is 296 g/mol. The van der Waals surface area contributed by atoms with Gasteiger partial charge in [0.1, 0.15) is 0 Å². The maximum Gasteiger partial charge on any atom is 0.0732 e. The minimum absolute atomic E-state index is 0.105. The van der Waals surface area contributed by atoms with Crippen molar-refractivity contribution in [1.82, 2.24) is 0 Å². The highest BCUT2D eigenvalue weighted by Crippen LogP contribution is 2.42. The summed E-state index contributed by atoms with van der Waals surface area (Å²) in [7, 11) is 0. The second-order valence-corrected chi connectivity index (χ2v) is 6.78. The van der Waals surface area contributed by atoms with Gasteiger partial charge in [0.15, 0.2) is 0 Å². The standard InChI is InChI=1S/C11H14BrClOS/c1-2-8-7(5-6-14-8)11(13)9-3-4-10(12)15-9/h3-4,7-8,11H,2,5-6H2,1H3. The molecule has 1 aliphatic heterocycles. The lowest BCUT2D eigenvalue weighted by Crippen LogP contribution is -2.18. The monoisotopic (exact) mass is 308 g/mol. The minimum atomic E-state index is 0.105. The first-order valence-corrected chi connectivity index (χ1v) is 7.28. The molecule has 3 unspecified atom stereocenters. The van der Waals surface area contributed by atoms with E-state index in [4.69, 9.17) is 16.3 Å². The number of alkyl halides is 1. The van der Waals surface area contributed by atoms with Gasteiger partial charge in [0, 0.05) is 17.4 Å². The van der Waals surface area contributed by atoms with Crippen LogP contribution in [0.5, 0.6) is 0 Å². The summed E-state index contributed by atoms with van der Waals surface area (Å²) in [6.45, 7) is 3.02. The van der Waals surface area contributed by atoms with Crippen LogP contribution in [0.2, 0.25) is 0 Å². The Balaban J connectivity index is 2.10. The van der Waals surface area contributed by atoms with Gasteiger partial charge in [0.25, 0.3) is 0 Å². The molecular formula is C11H14BrClOS. The molecule has 4 heteroatoms. The number of halogens is 2. The van der Waals surface area contributed by atoms with Gasteiger partial charge in [-0.1, -0.05) is 6.92 Å². The first-order chi connectivity index (χ1) is 7.22. The van der Waals surface area contributed by atoms with Crippen LogP contribution in [0.1, 0.15) is 30.0 Å². The molecule has 1 fully saturated rings. The van der Waals surface area contributed by atoms with E-state index in [1.165, 1.54) is 4.88 Å². The Morgan fingerprint density at radius 2 is 2.47 bits per heavy atom. The van der Waals surface area contributed by atoms with E-state index in [1.807, 2.05) is 0 Å². The lowest BCUT2D eigenvalue weighted by Gasteiger charge is -2.20. The van der Waals surface area contributed by atoms with Crippen LogP contribution >= 0.6 is 38.9 Å². The lowest BCUT2D eigenvalue weighted by atomic mass is 9.95. The molecule has 0 spiro atoms. The molecule has 1 aliphatic rings.